The van der Waals surface area contributed by atoms with E-state index in [4.69, 9.17) is 0 Å². The fraction of sp³-hybridized carbons (Fsp3) is 0.538. The molecule has 2 rings (SSSR count). The Bertz CT molecular complexity index is 365. The molecule has 2 N–H and O–H groups in total. The number of aryl methyl sites for hydroxylation is 1. The first-order valence-electron chi connectivity index (χ1n) is 5.86. The van der Waals surface area contributed by atoms with Crippen LogP contribution in [0.2, 0.25) is 0 Å². The van der Waals surface area contributed by atoms with Crippen LogP contribution in [0, 0.1) is 5.82 Å². The Balaban J connectivity index is 2.15. The van der Waals surface area contributed by atoms with Gasteiger partial charge in [-0.15, -0.1) is 0 Å². The number of rotatable bonds is 3. The molecule has 0 spiro atoms. The molecule has 0 saturated heterocycles. The van der Waals surface area contributed by atoms with Gasteiger partial charge in [-0.25, -0.2) is 4.39 Å². The van der Waals surface area contributed by atoms with Crippen LogP contribution < -0.4 is 5.32 Å². The molecule has 0 amide bonds. The second kappa shape index (κ2) is 4.93. The number of aliphatic hydroxyl groups excluding tert-OH is 1. The van der Waals surface area contributed by atoms with Gasteiger partial charge in [0, 0.05) is 12.6 Å². The molecular weight excluding hydrogens is 205 g/mol. The number of nitrogens with one attached hydrogen (secondary N) is 1. The Morgan fingerprint density at radius 3 is 3.12 bits per heavy atom. The van der Waals surface area contributed by atoms with Crippen LogP contribution >= 0.6 is 0 Å². The van der Waals surface area contributed by atoms with Crippen molar-refractivity contribution in [1.29, 1.82) is 0 Å². The number of hydrogen-bond donors (Lipinski definition) is 2. The summed E-state index contributed by atoms with van der Waals surface area (Å²) in [7, 11) is 0. The molecule has 0 heterocycles. The third-order valence-electron chi connectivity index (χ3n) is 3.08. The molecule has 0 saturated carbocycles. The number of halogens is 1. The molecule has 0 radical (unpaired) electrons. The molecule has 1 aromatic rings. The minimum Gasteiger partial charge on any atom is -0.392 e. The van der Waals surface area contributed by atoms with E-state index in [1.54, 1.807) is 13.0 Å². The highest BCUT2D eigenvalue weighted by Crippen LogP contribution is 2.30. The predicted molar refractivity (Wildman–Crippen MR) is 61.8 cm³/mol. The van der Waals surface area contributed by atoms with Gasteiger partial charge >= 0.3 is 0 Å². The highest BCUT2D eigenvalue weighted by molar-refractivity contribution is 5.32. The van der Waals surface area contributed by atoms with E-state index in [0.717, 1.165) is 24.8 Å². The van der Waals surface area contributed by atoms with Crippen LogP contribution in [0.1, 0.15) is 36.9 Å². The maximum absolute atomic E-state index is 13.2. The molecule has 1 aliphatic carbocycles. The predicted octanol–water partition coefficient (Wildman–Crippen LogP) is 2.17. The van der Waals surface area contributed by atoms with Crippen molar-refractivity contribution in [2.75, 3.05) is 6.54 Å². The molecule has 1 aromatic carbocycles. The zero-order valence-corrected chi connectivity index (χ0v) is 9.54. The lowest BCUT2D eigenvalue weighted by Crippen LogP contribution is -2.31. The van der Waals surface area contributed by atoms with Gasteiger partial charge < -0.3 is 10.4 Å². The maximum Gasteiger partial charge on any atom is 0.123 e. The van der Waals surface area contributed by atoms with Crippen molar-refractivity contribution < 1.29 is 9.50 Å². The van der Waals surface area contributed by atoms with Crippen molar-refractivity contribution in [3.63, 3.8) is 0 Å². The van der Waals surface area contributed by atoms with Crippen LogP contribution in [0.15, 0.2) is 18.2 Å². The van der Waals surface area contributed by atoms with E-state index in [1.807, 2.05) is 6.07 Å². The fourth-order valence-electron chi connectivity index (χ4n) is 2.29. The molecular formula is C13H18FNO. The second-order valence-electron chi connectivity index (χ2n) is 4.55. The van der Waals surface area contributed by atoms with Crippen LogP contribution in [0.5, 0.6) is 0 Å². The summed E-state index contributed by atoms with van der Waals surface area (Å²) >= 11 is 0. The van der Waals surface area contributed by atoms with E-state index in [0.29, 0.717) is 6.54 Å². The van der Waals surface area contributed by atoms with Crippen molar-refractivity contribution in [2.45, 2.75) is 38.3 Å². The summed E-state index contributed by atoms with van der Waals surface area (Å²) < 4.78 is 13.2. The fourth-order valence-corrected chi connectivity index (χ4v) is 2.29. The summed E-state index contributed by atoms with van der Waals surface area (Å²) in [6, 6.07) is 5.21. The first-order valence-corrected chi connectivity index (χ1v) is 5.86. The lowest BCUT2D eigenvalue weighted by Gasteiger charge is -2.27. The SMILES string of the molecule is C[C@@H](O)CNC1CCCc2ccc(F)cc21. The van der Waals surface area contributed by atoms with Gasteiger partial charge in [-0.2, -0.15) is 0 Å². The first kappa shape index (κ1) is 11.6. The van der Waals surface area contributed by atoms with Crippen LogP contribution in [0.25, 0.3) is 0 Å². The van der Waals surface area contributed by atoms with E-state index in [1.165, 1.54) is 11.6 Å². The number of benzene rings is 1. The Hall–Kier alpha value is -0.930. The van der Waals surface area contributed by atoms with E-state index >= 15 is 0 Å². The topological polar surface area (TPSA) is 32.3 Å². The first-order chi connectivity index (χ1) is 7.66. The molecule has 88 valence electrons. The van der Waals surface area contributed by atoms with Gasteiger partial charge in [0.25, 0.3) is 0 Å². The van der Waals surface area contributed by atoms with Gasteiger partial charge in [-0.05, 0) is 49.4 Å². The summed E-state index contributed by atoms with van der Waals surface area (Å²) in [6.07, 6.45) is 2.81. The van der Waals surface area contributed by atoms with Crippen molar-refractivity contribution in [3.8, 4) is 0 Å². The van der Waals surface area contributed by atoms with E-state index in [2.05, 4.69) is 5.32 Å². The van der Waals surface area contributed by atoms with E-state index < -0.39 is 0 Å². The lowest BCUT2D eigenvalue weighted by atomic mass is 9.87. The molecule has 0 aliphatic heterocycles. The molecule has 3 heteroatoms. The van der Waals surface area contributed by atoms with E-state index in [9.17, 15) is 9.50 Å². The average Bonchev–Trinajstić information content (AvgIpc) is 2.26. The summed E-state index contributed by atoms with van der Waals surface area (Å²) in [5.41, 5.74) is 2.29. The van der Waals surface area contributed by atoms with Crippen molar-refractivity contribution in [1.82, 2.24) is 5.32 Å². The molecule has 0 bridgehead atoms. The molecule has 0 fully saturated rings. The van der Waals surface area contributed by atoms with Gasteiger partial charge in [0.2, 0.25) is 0 Å². The third-order valence-corrected chi connectivity index (χ3v) is 3.08. The number of hydrogen-bond acceptors (Lipinski definition) is 2. The van der Waals surface area contributed by atoms with Crippen molar-refractivity contribution >= 4 is 0 Å². The summed E-state index contributed by atoms with van der Waals surface area (Å²) in [4.78, 5) is 0. The van der Waals surface area contributed by atoms with Crippen LogP contribution in [0.3, 0.4) is 0 Å². The Kier molecular flexibility index (Phi) is 3.56. The second-order valence-corrected chi connectivity index (χ2v) is 4.55. The standard InChI is InChI=1S/C13H18FNO/c1-9(16)8-15-13-4-2-3-10-5-6-11(14)7-12(10)13/h5-7,9,13,15-16H,2-4,8H2,1H3/t9-,13?/m1/s1. The summed E-state index contributed by atoms with van der Waals surface area (Å²) in [5.74, 6) is -0.176. The Morgan fingerprint density at radius 2 is 2.38 bits per heavy atom. The normalized spacial score (nSPS) is 21.6. The van der Waals surface area contributed by atoms with Gasteiger partial charge in [0.15, 0.2) is 0 Å². The minimum atomic E-state index is -0.362. The quantitative estimate of drug-likeness (QED) is 0.823. The molecule has 1 unspecified atom stereocenters. The minimum absolute atomic E-state index is 0.176. The van der Waals surface area contributed by atoms with E-state index in [-0.39, 0.29) is 18.0 Å². The number of fused-ring (bicyclic) bond motifs is 1. The zero-order valence-electron chi connectivity index (χ0n) is 9.54. The van der Waals surface area contributed by atoms with Crippen molar-refractivity contribution in [3.05, 3.63) is 35.1 Å². The largest absolute Gasteiger partial charge is 0.392 e. The molecule has 1 aliphatic rings. The zero-order chi connectivity index (χ0) is 11.5. The molecule has 0 aromatic heterocycles. The monoisotopic (exact) mass is 223 g/mol. The van der Waals surface area contributed by atoms with Gasteiger partial charge in [0.05, 0.1) is 6.10 Å². The smallest absolute Gasteiger partial charge is 0.123 e. The summed E-state index contributed by atoms with van der Waals surface area (Å²) in [6.45, 7) is 2.31. The summed E-state index contributed by atoms with van der Waals surface area (Å²) in [5, 5.41) is 12.5. The highest BCUT2D eigenvalue weighted by atomic mass is 19.1. The van der Waals surface area contributed by atoms with Gasteiger partial charge in [-0.3, -0.25) is 0 Å². The van der Waals surface area contributed by atoms with Crippen LogP contribution in [-0.2, 0) is 6.42 Å². The van der Waals surface area contributed by atoms with Crippen LogP contribution in [0.4, 0.5) is 4.39 Å². The van der Waals surface area contributed by atoms with Gasteiger partial charge in [-0.1, -0.05) is 6.07 Å². The molecule has 16 heavy (non-hydrogen) atoms. The van der Waals surface area contributed by atoms with Crippen molar-refractivity contribution in [2.24, 2.45) is 0 Å². The lowest BCUT2D eigenvalue weighted by molar-refractivity contribution is 0.184. The molecule has 2 atom stereocenters. The molecule has 2 nitrogen and oxygen atoms in total. The van der Waals surface area contributed by atoms with Gasteiger partial charge in [0.1, 0.15) is 5.82 Å². The maximum atomic E-state index is 13.2. The highest BCUT2D eigenvalue weighted by Gasteiger charge is 2.20. The third kappa shape index (κ3) is 2.60. The average molecular weight is 223 g/mol. The Labute approximate surface area is 95.5 Å². The van der Waals surface area contributed by atoms with Crippen LogP contribution in [-0.4, -0.2) is 17.8 Å². The number of aliphatic hydroxyl groups is 1. The Morgan fingerprint density at radius 1 is 1.56 bits per heavy atom.